The van der Waals surface area contributed by atoms with Gasteiger partial charge in [0, 0.05) is 53.4 Å². The van der Waals surface area contributed by atoms with Crippen LogP contribution < -0.4 is 5.32 Å². The van der Waals surface area contributed by atoms with Gasteiger partial charge < -0.3 is 47.9 Å². The molecule has 10 atom stereocenters. The Labute approximate surface area is 314 Å². The lowest BCUT2D eigenvalue weighted by Gasteiger charge is -2.49. The van der Waals surface area contributed by atoms with E-state index >= 15 is 0 Å². The van der Waals surface area contributed by atoms with E-state index in [-0.39, 0.29) is 0 Å². The van der Waals surface area contributed by atoms with Crippen LogP contribution in [0.5, 0.6) is 0 Å². The van der Waals surface area contributed by atoms with Gasteiger partial charge in [0.05, 0.1) is 0 Å². The zero-order valence-electron chi connectivity index (χ0n) is 30.7. The summed E-state index contributed by atoms with van der Waals surface area (Å²) in [7, 11) is 0. The van der Waals surface area contributed by atoms with E-state index in [9.17, 15) is 33.6 Å². The Bertz CT molecular complexity index is 1720. The maximum atomic E-state index is 12.7. The van der Waals surface area contributed by atoms with Crippen LogP contribution in [0.2, 0.25) is 0 Å². The normalized spacial score (nSPS) is 27.8. The molecule has 0 saturated carbocycles. The summed E-state index contributed by atoms with van der Waals surface area (Å²) in [5.74, 6) is -5.28. The van der Waals surface area contributed by atoms with Crippen molar-refractivity contribution in [2.45, 2.75) is 114 Å². The van der Waals surface area contributed by atoms with E-state index in [4.69, 9.17) is 42.6 Å². The topological polar surface area (TPSA) is 215 Å². The van der Waals surface area contributed by atoms with Crippen LogP contribution in [-0.4, -0.2) is 115 Å². The molecule has 2 aliphatic heterocycles. The van der Waals surface area contributed by atoms with Gasteiger partial charge >= 0.3 is 35.8 Å². The molecule has 2 aromatic rings. The first kappa shape index (κ1) is 42.0. The van der Waals surface area contributed by atoms with E-state index in [0.717, 1.165) is 64.1 Å². The summed E-state index contributed by atoms with van der Waals surface area (Å²) in [6.07, 6.45) is -11.5. The summed E-state index contributed by atoms with van der Waals surface area (Å²) < 4.78 is 52.2. The van der Waals surface area contributed by atoms with E-state index in [0.29, 0.717) is 4.90 Å². The van der Waals surface area contributed by atoms with Gasteiger partial charge in [0.15, 0.2) is 30.7 Å². The summed E-state index contributed by atoms with van der Waals surface area (Å²) in [4.78, 5) is 87.2. The third kappa shape index (κ3) is 11.6. The standard InChI is InChI=1S/C36H43NO16S/c1-17(38)37-29-32(49-22(6)43)30(47-20(4)41)27(15-45-18(2)39)51-35(29)53-33-31(48-21(5)42)28(16-46-19(3)40)52-36(34(33)50-23(7)44)54-26-13-12-24-10-8-9-11-25(24)14-26/h8-14,27-36H,15-16H2,1-7H3,(H,37,38)/t27-,28-,29-,30-,31-,32-,33+,34-,35+,36+/m1/s1. The molecule has 0 aromatic heterocycles. The summed E-state index contributed by atoms with van der Waals surface area (Å²) >= 11 is 1.14. The Morgan fingerprint density at radius 1 is 0.593 bits per heavy atom. The first-order valence-electron chi connectivity index (χ1n) is 16.9. The maximum Gasteiger partial charge on any atom is 0.303 e. The van der Waals surface area contributed by atoms with Crippen LogP contribution in [0.25, 0.3) is 10.8 Å². The van der Waals surface area contributed by atoms with E-state index < -0.39 is 115 Å². The fraction of sp³-hybridized carbons (Fsp3) is 0.528. The van der Waals surface area contributed by atoms with Crippen LogP contribution in [0.4, 0.5) is 0 Å². The van der Waals surface area contributed by atoms with Crippen LogP contribution in [0.15, 0.2) is 47.4 Å². The molecule has 1 N–H and O–H groups in total. The lowest BCUT2D eigenvalue weighted by atomic mass is 9.95. The first-order valence-corrected chi connectivity index (χ1v) is 17.7. The number of benzene rings is 2. The van der Waals surface area contributed by atoms with Crippen LogP contribution >= 0.6 is 11.8 Å². The van der Waals surface area contributed by atoms with Crippen LogP contribution in [-0.2, 0) is 76.2 Å². The van der Waals surface area contributed by atoms with Crippen LogP contribution in [0.1, 0.15) is 48.5 Å². The molecule has 4 rings (SSSR count). The van der Waals surface area contributed by atoms with Gasteiger partial charge in [-0.2, -0.15) is 0 Å². The second-order valence-electron chi connectivity index (χ2n) is 12.4. The number of fused-ring (bicyclic) bond motifs is 1. The van der Waals surface area contributed by atoms with E-state index in [1.165, 1.54) is 6.92 Å². The molecule has 0 aliphatic carbocycles. The van der Waals surface area contributed by atoms with Gasteiger partial charge in [0.2, 0.25) is 5.91 Å². The molecule has 0 spiro atoms. The van der Waals surface area contributed by atoms with Crippen molar-refractivity contribution in [2.75, 3.05) is 13.2 Å². The number of ether oxygens (including phenoxy) is 9. The molecular formula is C36H43NO16S. The molecule has 2 aliphatic rings. The number of esters is 6. The molecule has 2 fully saturated rings. The Hall–Kier alpha value is -4.78. The van der Waals surface area contributed by atoms with Gasteiger partial charge in [-0.15, -0.1) is 0 Å². The van der Waals surface area contributed by atoms with Crippen molar-refractivity contribution in [3.8, 4) is 0 Å². The average Bonchev–Trinajstić information content (AvgIpc) is 3.07. The minimum Gasteiger partial charge on any atom is -0.463 e. The smallest absolute Gasteiger partial charge is 0.303 e. The number of nitrogens with one attached hydrogen (secondary N) is 1. The average molecular weight is 778 g/mol. The zero-order valence-corrected chi connectivity index (χ0v) is 31.5. The van der Waals surface area contributed by atoms with Crippen molar-refractivity contribution in [3.63, 3.8) is 0 Å². The van der Waals surface area contributed by atoms with Crippen molar-refractivity contribution in [2.24, 2.45) is 0 Å². The van der Waals surface area contributed by atoms with Crippen LogP contribution in [0.3, 0.4) is 0 Å². The predicted octanol–water partition coefficient (Wildman–Crippen LogP) is 2.12. The molecule has 2 saturated heterocycles. The van der Waals surface area contributed by atoms with Crippen LogP contribution in [0, 0.1) is 0 Å². The van der Waals surface area contributed by atoms with Crippen molar-refractivity contribution in [1.82, 2.24) is 5.32 Å². The van der Waals surface area contributed by atoms with Gasteiger partial charge in [-0.1, -0.05) is 42.1 Å². The van der Waals surface area contributed by atoms with Crippen molar-refractivity contribution < 1.29 is 76.2 Å². The SMILES string of the molecule is CC(=O)N[C@H]1[C@H](O[C@@H]2[C@@H](OC(C)=O)[C@H](Sc3ccc4ccccc4c3)O[C@H](COC(C)=O)[C@H]2OC(C)=O)O[C@H](COC(C)=O)[C@@H](OC(C)=O)[C@@H]1OC(C)=O. The second kappa shape index (κ2) is 19.0. The Morgan fingerprint density at radius 3 is 1.63 bits per heavy atom. The lowest BCUT2D eigenvalue weighted by molar-refractivity contribution is -0.320. The van der Waals surface area contributed by atoms with Gasteiger partial charge in [-0.05, 0) is 22.9 Å². The Kier molecular flexibility index (Phi) is 14.8. The van der Waals surface area contributed by atoms with Gasteiger partial charge in [-0.3, -0.25) is 33.6 Å². The molecule has 18 heteroatoms. The highest BCUT2D eigenvalue weighted by Gasteiger charge is 2.57. The number of rotatable bonds is 13. The summed E-state index contributed by atoms with van der Waals surface area (Å²) in [5.41, 5.74) is -1.11. The molecule has 17 nitrogen and oxygen atoms in total. The minimum absolute atomic E-state index is 0.435. The monoisotopic (exact) mass is 777 g/mol. The highest BCUT2D eigenvalue weighted by atomic mass is 32.2. The zero-order chi connectivity index (χ0) is 39.7. The largest absolute Gasteiger partial charge is 0.463 e. The molecular weight excluding hydrogens is 734 g/mol. The molecule has 2 heterocycles. The maximum absolute atomic E-state index is 12.7. The molecule has 0 radical (unpaired) electrons. The Morgan fingerprint density at radius 2 is 1.09 bits per heavy atom. The van der Waals surface area contributed by atoms with Crippen molar-refractivity contribution in [3.05, 3.63) is 42.5 Å². The molecule has 2 aromatic carbocycles. The predicted molar refractivity (Wildman–Crippen MR) is 185 cm³/mol. The fourth-order valence-corrected chi connectivity index (χ4v) is 7.20. The molecule has 54 heavy (non-hydrogen) atoms. The van der Waals surface area contributed by atoms with E-state index in [1.807, 2.05) is 42.5 Å². The number of thioether (sulfide) groups is 1. The number of hydrogen-bond acceptors (Lipinski definition) is 17. The molecule has 1 amide bonds. The first-order chi connectivity index (χ1) is 25.5. The molecule has 0 bridgehead atoms. The van der Waals surface area contributed by atoms with Crippen molar-refractivity contribution >= 4 is 64.3 Å². The highest BCUT2D eigenvalue weighted by molar-refractivity contribution is 7.99. The summed E-state index contributed by atoms with van der Waals surface area (Å²) in [6, 6.07) is 11.8. The fourth-order valence-electron chi connectivity index (χ4n) is 6.05. The summed E-state index contributed by atoms with van der Waals surface area (Å²) in [6.45, 7) is 6.95. The third-order valence-corrected chi connectivity index (χ3v) is 9.12. The third-order valence-electron chi connectivity index (χ3n) is 7.98. The highest BCUT2D eigenvalue weighted by Crippen LogP contribution is 2.40. The van der Waals surface area contributed by atoms with E-state index in [2.05, 4.69) is 5.32 Å². The van der Waals surface area contributed by atoms with Gasteiger partial charge in [-0.25, -0.2) is 0 Å². The summed E-state index contributed by atoms with van der Waals surface area (Å²) in [5, 5.41) is 4.47. The quantitative estimate of drug-likeness (QED) is 0.228. The minimum atomic E-state index is -1.66. The van der Waals surface area contributed by atoms with E-state index in [1.54, 1.807) is 0 Å². The van der Waals surface area contributed by atoms with Gasteiger partial charge in [0.1, 0.15) is 43.0 Å². The number of hydrogen-bond donors (Lipinski definition) is 1. The molecule has 0 unspecified atom stereocenters. The number of carbonyl (C=O) groups is 7. The second-order valence-corrected chi connectivity index (χ2v) is 13.6. The molecule has 294 valence electrons. The number of amides is 1. The number of carbonyl (C=O) groups excluding carboxylic acids is 7. The lowest BCUT2D eigenvalue weighted by Crippen LogP contribution is -2.69. The van der Waals surface area contributed by atoms with Crippen molar-refractivity contribution in [1.29, 1.82) is 0 Å². The van der Waals surface area contributed by atoms with Gasteiger partial charge in [0.25, 0.3) is 0 Å². The Balaban J connectivity index is 1.85.